The van der Waals surface area contributed by atoms with Crippen LogP contribution in [0.5, 0.6) is 17.2 Å². The molecule has 12 heteroatoms. The summed E-state index contributed by atoms with van der Waals surface area (Å²) in [4.78, 5) is 11.8. The van der Waals surface area contributed by atoms with Gasteiger partial charge in [-0.2, -0.15) is 8.42 Å². The zero-order chi connectivity index (χ0) is 22.6. The number of nitrogens with one attached hydrogen (secondary N) is 2. The highest BCUT2D eigenvalue weighted by Gasteiger charge is 2.23. The smallest absolute Gasteiger partial charge is 0.291 e. The van der Waals surface area contributed by atoms with Crippen molar-refractivity contribution in [2.75, 3.05) is 17.1 Å². The van der Waals surface area contributed by atoms with E-state index < -0.39 is 10.0 Å². The number of amides is 1. The Kier molecular flexibility index (Phi) is 6.98. The van der Waals surface area contributed by atoms with Gasteiger partial charge in [-0.3, -0.25) is 9.52 Å². The van der Waals surface area contributed by atoms with Crippen LogP contribution in [-0.2, 0) is 14.8 Å². The minimum atomic E-state index is -4.11. The molecule has 0 bridgehead atoms. The lowest BCUT2D eigenvalue weighted by atomic mass is 10.2. The number of halogens is 1. The van der Waals surface area contributed by atoms with Gasteiger partial charge in [0.1, 0.15) is 11.5 Å². The van der Waals surface area contributed by atoms with E-state index in [4.69, 9.17) is 21.1 Å². The second-order valence-corrected chi connectivity index (χ2v) is 9.81. The minimum absolute atomic E-state index is 0.0832. The Morgan fingerprint density at radius 3 is 2.42 bits per heavy atom. The third-order valence-electron chi connectivity index (χ3n) is 3.86. The van der Waals surface area contributed by atoms with Crippen LogP contribution in [-0.4, -0.2) is 31.6 Å². The summed E-state index contributed by atoms with van der Waals surface area (Å²) in [6.45, 7) is 3.41. The van der Waals surface area contributed by atoms with E-state index in [0.29, 0.717) is 16.5 Å². The van der Waals surface area contributed by atoms with Crippen molar-refractivity contribution < 1.29 is 22.7 Å². The molecule has 0 spiro atoms. The molecule has 0 radical (unpaired) electrons. The number of methoxy groups -OCH3 is 1. The quantitative estimate of drug-likeness (QED) is 0.457. The maximum absolute atomic E-state index is 12.8. The Labute approximate surface area is 188 Å². The van der Waals surface area contributed by atoms with Crippen molar-refractivity contribution in [3.8, 4) is 17.2 Å². The summed E-state index contributed by atoms with van der Waals surface area (Å²) in [6, 6.07) is 11.3. The van der Waals surface area contributed by atoms with Crippen molar-refractivity contribution in [3.05, 3.63) is 47.5 Å². The van der Waals surface area contributed by atoms with Gasteiger partial charge in [-0.05, 0) is 42.5 Å². The van der Waals surface area contributed by atoms with Crippen LogP contribution < -0.4 is 19.5 Å². The summed E-state index contributed by atoms with van der Waals surface area (Å²) in [5.74, 6) is 0.777. The zero-order valence-corrected chi connectivity index (χ0v) is 19.1. The van der Waals surface area contributed by atoms with Gasteiger partial charge in [-0.1, -0.05) is 36.8 Å². The fourth-order valence-corrected chi connectivity index (χ4v) is 4.39. The molecule has 0 saturated carbocycles. The Morgan fingerprint density at radius 1 is 1.10 bits per heavy atom. The molecule has 31 heavy (non-hydrogen) atoms. The summed E-state index contributed by atoms with van der Waals surface area (Å²) in [6.07, 6.45) is 0. The van der Waals surface area contributed by atoms with Gasteiger partial charge in [-0.15, -0.1) is 10.2 Å². The number of anilines is 2. The molecule has 1 heterocycles. The number of rotatable bonds is 8. The third kappa shape index (κ3) is 5.84. The van der Waals surface area contributed by atoms with Gasteiger partial charge >= 0.3 is 0 Å². The van der Waals surface area contributed by atoms with Crippen LogP contribution in [0.25, 0.3) is 0 Å². The lowest BCUT2D eigenvalue weighted by Crippen LogP contribution is -2.17. The van der Waals surface area contributed by atoms with Gasteiger partial charge in [0.25, 0.3) is 14.4 Å². The molecule has 1 aromatic heterocycles. The van der Waals surface area contributed by atoms with Crippen LogP contribution in [0.2, 0.25) is 5.02 Å². The number of carbonyl (C=O) groups excluding carboxylic acids is 1. The molecule has 0 fully saturated rings. The van der Waals surface area contributed by atoms with E-state index in [1.165, 1.54) is 6.07 Å². The normalized spacial score (nSPS) is 11.3. The maximum Gasteiger partial charge on any atom is 0.291 e. The molecule has 2 N–H and O–H groups in total. The minimum Gasteiger partial charge on any atom is -0.497 e. The van der Waals surface area contributed by atoms with Crippen LogP contribution in [0.3, 0.4) is 0 Å². The van der Waals surface area contributed by atoms with Gasteiger partial charge in [0.2, 0.25) is 11.0 Å². The highest BCUT2D eigenvalue weighted by atomic mass is 35.5. The maximum atomic E-state index is 12.8. The molecular formula is C19H19ClN4O5S2. The summed E-state index contributed by atoms with van der Waals surface area (Å²) >= 11 is 6.78. The first-order chi connectivity index (χ1) is 14.7. The van der Waals surface area contributed by atoms with Crippen LogP contribution >= 0.6 is 22.9 Å². The van der Waals surface area contributed by atoms with E-state index in [2.05, 4.69) is 20.2 Å². The first-order valence-corrected chi connectivity index (χ1v) is 11.6. The molecular weight excluding hydrogens is 464 g/mol. The predicted octanol–water partition coefficient (Wildman–Crippen LogP) is 4.39. The van der Waals surface area contributed by atoms with Crippen LogP contribution in [0, 0.1) is 5.92 Å². The average Bonchev–Trinajstić information content (AvgIpc) is 3.20. The van der Waals surface area contributed by atoms with Gasteiger partial charge in [0.15, 0.2) is 5.75 Å². The number of hydrogen-bond acceptors (Lipinski definition) is 8. The Hall–Kier alpha value is -2.89. The van der Waals surface area contributed by atoms with Gasteiger partial charge in [0, 0.05) is 10.9 Å². The molecule has 0 aliphatic rings. The second-order valence-electron chi connectivity index (χ2n) is 6.54. The largest absolute Gasteiger partial charge is 0.497 e. The van der Waals surface area contributed by atoms with E-state index in [-0.39, 0.29) is 32.7 Å². The number of carbonyl (C=O) groups is 1. The number of aromatic nitrogens is 2. The number of hydrogen-bond donors (Lipinski definition) is 2. The summed E-state index contributed by atoms with van der Waals surface area (Å²) in [5, 5.41) is 10.3. The second kappa shape index (κ2) is 9.50. The van der Waals surface area contributed by atoms with Crippen LogP contribution in [0.15, 0.2) is 46.8 Å². The lowest BCUT2D eigenvalue weighted by molar-refractivity contribution is -0.118. The molecule has 1 amide bonds. The van der Waals surface area contributed by atoms with Crippen molar-refractivity contribution in [2.24, 2.45) is 5.92 Å². The molecule has 9 nitrogen and oxygen atoms in total. The van der Waals surface area contributed by atoms with Gasteiger partial charge < -0.3 is 14.8 Å². The van der Waals surface area contributed by atoms with Crippen molar-refractivity contribution in [1.82, 2.24) is 10.2 Å². The zero-order valence-electron chi connectivity index (χ0n) is 16.7. The molecule has 2 aromatic carbocycles. The van der Waals surface area contributed by atoms with Crippen molar-refractivity contribution in [3.63, 3.8) is 0 Å². The van der Waals surface area contributed by atoms with Crippen LogP contribution in [0.1, 0.15) is 13.8 Å². The van der Waals surface area contributed by atoms with Gasteiger partial charge in [-0.25, -0.2) is 0 Å². The fourth-order valence-electron chi connectivity index (χ4n) is 2.25. The van der Waals surface area contributed by atoms with Crippen molar-refractivity contribution in [2.45, 2.75) is 18.2 Å². The summed E-state index contributed by atoms with van der Waals surface area (Å²) < 4.78 is 38.6. The Balaban J connectivity index is 1.83. The molecule has 0 saturated heterocycles. The number of sulfonamides is 1. The molecule has 0 atom stereocenters. The van der Waals surface area contributed by atoms with E-state index in [1.807, 2.05) is 0 Å². The van der Waals surface area contributed by atoms with E-state index in [0.717, 1.165) is 11.3 Å². The van der Waals surface area contributed by atoms with Crippen LogP contribution in [0.4, 0.5) is 10.8 Å². The third-order valence-corrected chi connectivity index (χ3v) is 6.67. The predicted molar refractivity (Wildman–Crippen MR) is 119 cm³/mol. The first kappa shape index (κ1) is 22.8. The molecule has 3 aromatic rings. The Morgan fingerprint density at radius 2 is 1.77 bits per heavy atom. The monoisotopic (exact) mass is 482 g/mol. The highest BCUT2D eigenvalue weighted by Crippen LogP contribution is 2.34. The molecule has 0 aliphatic heterocycles. The molecule has 0 unspecified atom stereocenters. The molecule has 164 valence electrons. The van der Waals surface area contributed by atoms with E-state index >= 15 is 0 Å². The Bertz CT molecular complexity index is 1180. The van der Waals surface area contributed by atoms with Crippen molar-refractivity contribution in [1.29, 1.82) is 0 Å². The topological polar surface area (TPSA) is 120 Å². The number of nitrogens with zero attached hydrogens (tertiary/aromatic N) is 2. The molecule has 0 aliphatic carbocycles. The van der Waals surface area contributed by atoms with E-state index in [1.54, 1.807) is 57.4 Å². The SMILES string of the molecule is COc1ccc(Oc2ccc(Cl)cc2NS(=O)(=O)c2nnc(NC(=O)C(C)C)s2)cc1. The number of benzene rings is 2. The highest BCUT2D eigenvalue weighted by molar-refractivity contribution is 7.94. The summed E-state index contributed by atoms with van der Waals surface area (Å²) in [5.41, 5.74) is 0.117. The standard InChI is InChI=1S/C19H19ClN4O5S2/c1-11(2)17(25)21-18-22-23-19(30-18)31(26,27)24-15-10-12(20)4-9-16(15)29-14-7-5-13(28-3)6-8-14/h4-11,24H,1-3H3,(H,21,22,25). The van der Waals surface area contributed by atoms with E-state index in [9.17, 15) is 13.2 Å². The first-order valence-electron chi connectivity index (χ1n) is 8.96. The number of ether oxygens (including phenoxy) is 2. The summed E-state index contributed by atoms with van der Waals surface area (Å²) in [7, 11) is -2.56. The van der Waals surface area contributed by atoms with Gasteiger partial charge in [0.05, 0.1) is 12.8 Å². The lowest BCUT2D eigenvalue weighted by Gasteiger charge is -2.13. The average molecular weight is 483 g/mol. The fraction of sp³-hybridized carbons (Fsp3) is 0.211. The van der Waals surface area contributed by atoms with Crippen molar-refractivity contribution >= 4 is 49.7 Å². The molecule has 3 rings (SSSR count).